The van der Waals surface area contributed by atoms with Crippen LogP contribution in [0.3, 0.4) is 0 Å². The Balaban J connectivity index is 2.58. The molecule has 0 fully saturated rings. The summed E-state index contributed by atoms with van der Waals surface area (Å²) in [7, 11) is 0.353. The molecule has 0 unspecified atom stereocenters. The van der Waals surface area contributed by atoms with Crippen molar-refractivity contribution >= 4 is 33.8 Å². The minimum Gasteiger partial charge on any atom is -0.469 e. The third-order valence-electron chi connectivity index (χ3n) is 5.23. The highest BCUT2D eigenvalue weighted by Crippen LogP contribution is 2.31. The molecule has 190 valence electrons. The van der Waals surface area contributed by atoms with Gasteiger partial charge in [-0.05, 0) is 42.3 Å². The van der Waals surface area contributed by atoms with E-state index in [1.165, 1.54) is 51.6 Å². The van der Waals surface area contributed by atoms with Gasteiger partial charge in [0.15, 0.2) is 5.78 Å². The van der Waals surface area contributed by atoms with Crippen LogP contribution in [0.5, 0.6) is 0 Å². The fraction of sp³-hybridized carbons (Fsp3) is 0.417. The number of ketones is 1. The predicted molar refractivity (Wildman–Crippen MR) is 131 cm³/mol. The van der Waals surface area contributed by atoms with Crippen molar-refractivity contribution in [2.75, 3.05) is 31.8 Å². The molecule has 1 aromatic heterocycles. The summed E-state index contributed by atoms with van der Waals surface area (Å²) in [6.45, 7) is 3.74. The molecule has 0 amide bonds. The van der Waals surface area contributed by atoms with E-state index in [4.69, 9.17) is 4.74 Å². The highest BCUT2D eigenvalue weighted by molar-refractivity contribution is 7.92. The maximum atomic E-state index is 13.6. The summed E-state index contributed by atoms with van der Waals surface area (Å²) in [5.74, 6) is -1.45. The van der Waals surface area contributed by atoms with Gasteiger partial charge in [0.1, 0.15) is 5.82 Å². The van der Waals surface area contributed by atoms with Gasteiger partial charge in [-0.15, -0.1) is 0 Å². The van der Waals surface area contributed by atoms with Gasteiger partial charge in [-0.25, -0.2) is 27.1 Å². The number of esters is 1. The smallest absolute Gasteiger partial charge is 0.308 e. The molecule has 0 aliphatic carbocycles. The Bertz CT molecular complexity index is 1200. The predicted octanol–water partition coefficient (Wildman–Crippen LogP) is 3.35. The van der Waals surface area contributed by atoms with Gasteiger partial charge in [0.05, 0.1) is 37.3 Å². The lowest BCUT2D eigenvalue weighted by atomic mass is 9.97. The lowest BCUT2D eigenvalue weighted by Crippen LogP contribution is -2.27. The van der Waals surface area contributed by atoms with Gasteiger partial charge in [-0.3, -0.25) is 9.59 Å². The van der Waals surface area contributed by atoms with E-state index >= 15 is 0 Å². The summed E-state index contributed by atoms with van der Waals surface area (Å²) < 4.78 is 48.6. The van der Waals surface area contributed by atoms with Crippen molar-refractivity contribution in [2.24, 2.45) is 0 Å². The number of methoxy groups -OCH3 is 2. The number of carbonyl (C=O) groups is 2. The van der Waals surface area contributed by atoms with Gasteiger partial charge in [0, 0.05) is 31.7 Å². The van der Waals surface area contributed by atoms with Crippen LogP contribution in [0.25, 0.3) is 17.3 Å². The van der Waals surface area contributed by atoms with E-state index in [-0.39, 0.29) is 30.5 Å². The lowest BCUT2D eigenvalue weighted by Gasteiger charge is -2.20. The first-order valence-corrected chi connectivity index (χ1v) is 12.6. The molecule has 0 aliphatic heterocycles. The zero-order valence-electron chi connectivity index (χ0n) is 20.6. The quantitative estimate of drug-likeness (QED) is 0.336. The number of benzene rings is 1. The first kappa shape index (κ1) is 28.1. The number of hydrogen-bond donors (Lipinski definition) is 0. The molecule has 11 heteroatoms. The van der Waals surface area contributed by atoms with E-state index in [2.05, 4.69) is 14.7 Å². The molecule has 9 nitrogen and oxygen atoms in total. The van der Waals surface area contributed by atoms with Crippen LogP contribution in [0.4, 0.5) is 10.3 Å². The van der Waals surface area contributed by atoms with Gasteiger partial charge < -0.3 is 9.47 Å². The number of anilines is 1. The maximum absolute atomic E-state index is 13.6. The number of ether oxygens (including phenoxy) is 2. The summed E-state index contributed by atoms with van der Waals surface area (Å²) in [6, 6.07) is 5.56. The molecule has 35 heavy (non-hydrogen) atoms. The van der Waals surface area contributed by atoms with Gasteiger partial charge in [-0.1, -0.05) is 13.8 Å². The molecular formula is C24H30FN3O6S. The maximum Gasteiger partial charge on any atom is 0.308 e. The molecule has 2 aromatic rings. The van der Waals surface area contributed by atoms with Crippen LogP contribution in [0.2, 0.25) is 0 Å². The molecule has 0 N–H and O–H groups in total. The lowest BCUT2D eigenvalue weighted by molar-refractivity contribution is -0.143. The van der Waals surface area contributed by atoms with Gasteiger partial charge in [0.25, 0.3) is 0 Å². The first-order valence-electron chi connectivity index (χ1n) is 10.8. The van der Waals surface area contributed by atoms with Crippen LogP contribution in [0.1, 0.15) is 43.9 Å². The fourth-order valence-electron chi connectivity index (χ4n) is 3.17. The Hall–Kier alpha value is -3.18. The van der Waals surface area contributed by atoms with E-state index < -0.39 is 27.9 Å². The molecule has 1 aromatic carbocycles. The zero-order chi connectivity index (χ0) is 26.3. The number of sulfonamides is 1. The summed E-state index contributed by atoms with van der Waals surface area (Å²) >= 11 is 0. The highest BCUT2D eigenvalue weighted by Gasteiger charge is 2.23. The highest BCUT2D eigenvalue weighted by atomic mass is 32.2. The second-order valence-corrected chi connectivity index (χ2v) is 10.2. The van der Waals surface area contributed by atoms with Crippen molar-refractivity contribution in [3.05, 3.63) is 47.4 Å². The third-order valence-corrected chi connectivity index (χ3v) is 6.39. The number of hydrogen-bond acceptors (Lipinski definition) is 8. The Morgan fingerprint density at radius 2 is 1.74 bits per heavy atom. The Morgan fingerprint density at radius 1 is 1.11 bits per heavy atom. The van der Waals surface area contributed by atoms with Crippen LogP contribution in [0.15, 0.2) is 30.3 Å². The molecule has 2 rings (SSSR count). The van der Waals surface area contributed by atoms with Crippen LogP contribution in [-0.4, -0.2) is 63.8 Å². The van der Waals surface area contributed by atoms with Gasteiger partial charge >= 0.3 is 5.97 Å². The molecule has 0 saturated carbocycles. The monoisotopic (exact) mass is 507 g/mol. The average Bonchev–Trinajstić information content (AvgIpc) is 2.80. The normalized spacial score (nSPS) is 12.7. The number of allylic oxidation sites excluding steroid dienone is 1. The van der Waals surface area contributed by atoms with Crippen molar-refractivity contribution in [1.82, 2.24) is 9.97 Å². The summed E-state index contributed by atoms with van der Waals surface area (Å²) in [5, 5.41) is 0. The van der Waals surface area contributed by atoms with Crippen molar-refractivity contribution in [2.45, 2.75) is 38.7 Å². The van der Waals surface area contributed by atoms with E-state index in [1.807, 2.05) is 13.8 Å². The molecular weight excluding hydrogens is 477 g/mol. The number of aromatic nitrogens is 2. The molecule has 0 saturated heterocycles. The number of carbonyl (C=O) groups excluding carboxylic acids is 2. The average molecular weight is 508 g/mol. The Labute approximate surface area is 205 Å². The topological polar surface area (TPSA) is 116 Å². The Morgan fingerprint density at radius 3 is 2.26 bits per heavy atom. The summed E-state index contributed by atoms with van der Waals surface area (Å²) in [4.78, 5) is 33.1. The number of rotatable bonds is 11. The van der Waals surface area contributed by atoms with Crippen molar-refractivity contribution in [3.63, 3.8) is 0 Å². The molecule has 1 heterocycles. The molecule has 0 spiro atoms. The SMILES string of the molecule is COC(=O)C[C@@H](CC(=O)/C=C/c1c(-c2ccc(F)cc2)nc(N(C)S(C)(=O)=O)nc1C(C)C)OC. The van der Waals surface area contributed by atoms with E-state index in [9.17, 15) is 22.4 Å². The van der Waals surface area contributed by atoms with Crippen molar-refractivity contribution in [3.8, 4) is 11.3 Å². The summed E-state index contributed by atoms with van der Waals surface area (Å²) in [6.07, 6.45) is 3.14. The van der Waals surface area contributed by atoms with Crippen LogP contribution in [-0.2, 0) is 29.1 Å². The van der Waals surface area contributed by atoms with E-state index in [0.29, 0.717) is 22.5 Å². The third kappa shape index (κ3) is 7.66. The number of halogens is 1. The van der Waals surface area contributed by atoms with Crippen LogP contribution >= 0.6 is 0 Å². The van der Waals surface area contributed by atoms with Gasteiger partial charge in [0.2, 0.25) is 16.0 Å². The van der Waals surface area contributed by atoms with E-state index in [1.54, 1.807) is 6.08 Å². The van der Waals surface area contributed by atoms with Crippen LogP contribution in [0, 0.1) is 5.82 Å². The molecule has 0 bridgehead atoms. The summed E-state index contributed by atoms with van der Waals surface area (Å²) in [5.41, 5.74) is 1.86. The molecule has 0 radical (unpaired) electrons. The minimum absolute atomic E-state index is 0.0449. The van der Waals surface area contributed by atoms with E-state index in [0.717, 1.165) is 10.6 Å². The molecule has 1 atom stereocenters. The number of nitrogens with zero attached hydrogens (tertiary/aromatic N) is 3. The Kier molecular flexibility index (Phi) is 9.61. The first-order chi connectivity index (χ1) is 16.4. The van der Waals surface area contributed by atoms with Gasteiger partial charge in [-0.2, -0.15) is 0 Å². The standard InChI is InChI=1S/C24H30FN3O6S/c1-15(2)22-20(12-11-18(29)13-19(33-4)14-21(30)34-5)23(16-7-9-17(25)10-8-16)27-24(26-22)28(3)35(6,31)32/h7-12,15,19H,13-14H2,1-6H3/b12-11+/t19-/m1/s1. The van der Waals surface area contributed by atoms with Crippen molar-refractivity contribution < 1.29 is 31.9 Å². The zero-order valence-corrected chi connectivity index (χ0v) is 21.4. The largest absolute Gasteiger partial charge is 0.469 e. The van der Waals surface area contributed by atoms with Crippen molar-refractivity contribution in [1.29, 1.82) is 0 Å². The second-order valence-electron chi connectivity index (χ2n) is 8.20. The molecule has 0 aliphatic rings. The minimum atomic E-state index is -3.65. The second kappa shape index (κ2) is 12.0. The van der Waals surface area contributed by atoms with Crippen LogP contribution < -0.4 is 4.31 Å². The fourth-order valence-corrected chi connectivity index (χ4v) is 3.55.